The third-order valence-corrected chi connectivity index (χ3v) is 0.821. The number of esters is 1. The van der Waals surface area contributed by atoms with Crippen LogP contribution < -0.4 is 0 Å². The highest BCUT2D eigenvalue weighted by atomic mass is 31.1. The summed E-state index contributed by atoms with van der Waals surface area (Å²) in [5, 5.41) is 0. The fraction of sp³-hybridized carbons (Fsp3) is 0.750. The molecule has 0 bridgehead atoms. The summed E-state index contributed by atoms with van der Waals surface area (Å²) in [4.78, 5) is 22.3. The van der Waals surface area contributed by atoms with Gasteiger partial charge in [0, 0.05) is 11.5 Å². The Morgan fingerprint density at radius 1 is 1.55 bits per heavy atom. The molecule has 1 N–H and O–H groups in total. The van der Waals surface area contributed by atoms with Crippen molar-refractivity contribution in [1.82, 2.24) is 0 Å². The van der Waals surface area contributed by atoms with Crippen molar-refractivity contribution < 1.29 is 28.6 Å². The van der Waals surface area contributed by atoms with E-state index in [1.54, 1.807) is 0 Å². The van der Waals surface area contributed by atoms with E-state index in [1.807, 2.05) is 0 Å². The molecule has 0 rings (SSSR count). The van der Waals surface area contributed by atoms with Crippen LogP contribution in [-0.2, 0) is 23.7 Å². The van der Waals surface area contributed by atoms with Crippen LogP contribution in [0.3, 0.4) is 0 Å². The summed E-state index contributed by atoms with van der Waals surface area (Å²) < 4.78 is 18.0. The molecular formula is C4H8O6P+. The molecule has 6 nitrogen and oxygen atoms in total. The molecule has 11 heavy (non-hydrogen) atoms. The molecule has 0 aliphatic carbocycles. The van der Waals surface area contributed by atoms with Crippen molar-refractivity contribution >= 4 is 14.2 Å². The summed E-state index contributed by atoms with van der Waals surface area (Å²) in [7, 11) is -2.75. The molecule has 0 aromatic heterocycles. The Hall–Kier alpha value is -0.550. The smallest absolute Gasteiger partial charge is 0.463 e. The van der Waals surface area contributed by atoms with Gasteiger partial charge in [0.25, 0.3) is 0 Å². The van der Waals surface area contributed by atoms with Crippen molar-refractivity contribution in [3.05, 3.63) is 0 Å². The minimum absolute atomic E-state index is 0.00148. The van der Waals surface area contributed by atoms with E-state index in [0.29, 0.717) is 0 Å². The van der Waals surface area contributed by atoms with E-state index in [4.69, 9.17) is 4.89 Å². The Morgan fingerprint density at radius 3 is 2.64 bits per heavy atom. The van der Waals surface area contributed by atoms with Crippen molar-refractivity contribution in [2.24, 2.45) is 0 Å². The van der Waals surface area contributed by atoms with Gasteiger partial charge in [-0.15, -0.1) is 4.89 Å². The first-order valence-corrected chi connectivity index (χ1v) is 3.85. The highest BCUT2D eigenvalue weighted by Crippen LogP contribution is 2.13. The van der Waals surface area contributed by atoms with Gasteiger partial charge >= 0.3 is 14.2 Å². The largest absolute Gasteiger partial charge is 0.725 e. The molecule has 1 atom stereocenters. The summed E-state index contributed by atoms with van der Waals surface area (Å²) >= 11 is 0. The van der Waals surface area contributed by atoms with Gasteiger partial charge < -0.3 is 4.74 Å². The summed E-state index contributed by atoms with van der Waals surface area (Å²) in [5.74, 6) is -0.443. The second kappa shape index (κ2) is 6.18. The molecule has 0 aliphatic heterocycles. The quantitative estimate of drug-likeness (QED) is 0.215. The summed E-state index contributed by atoms with van der Waals surface area (Å²) in [6.07, 6.45) is 0. The van der Waals surface area contributed by atoms with Crippen LogP contribution >= 0.6 is 8.25 Å². The zero-order valence-electron chi connectivity index (χ0n) is 5.85. The Bertz CT molecular complexity index is 130. The maximum Gasteiger partial charge on any atom is 0.725 e. The normalized spacial score (nSPS) is 10.9. The Morgan fingerprint density at radius 2 is 2.18 bits per heavy atom. The van der Waals surface area contributed by atoms with Crippen LogP contribution in [0.4, 0.5) is 0 Å². The lowest BCUT2D eigenvalue weighted by Crippen LogP contribution is -2.06. The van der Waals surface area contributed by atoms with Crippen LogP contribution in [0.25, 0.3) is 0 Å². The minimum atomic E-state index is -2.75. The Labute approximate surface area is 63.9 Å². The van der Waals surface area contributed by atoms with E-state index >= 15 is 0 Å². The zero-order chi connectivity index (χ0) is 8.69. The van der Waals surface area contributed by atoms with Crippen LogP contribution in [0.5, 0.6) is 0 Å². The SMILES string of the molecule is CC(=O)OCCOO[P+](=O)O. The summed E-state index contributed by atoms with van der Waals surface area (Å²) in [6, 6.07) is 0. The predicted octanol–water partition coefficient (Wildman–Crippen LogP) is 0.147. The van der Waals surface area contributed by atoms with Crippen molar-refractivity contribution in [3.63, 3.8) is 0 Å². The first kappa shape index (κ1) is 10.4. The second-order valence-corrected chi connectivity index (χ2v) is 2.10. The molecule has 0 aromatic rings. The van der Waals surface area contributed by atoms with Gasteiger partial charge in [0.15, 0.2) is 0 Å². The second-order valence-electron chi connectivity index (χ2n) is 1.47. The lowest BCUT2D eigenvalue weighted by Gasteiger charge is -1.96. The molecule has 64 valence electrons. The third-order valence-electron chi connectivity index (χ3n) is 0.588. The van der Waals surface area contributed by atoms with Crippen molar-refractivity contribution in [2.75, 3.05) is 13.2 Å². The number of carbonyl (C=O) groups is 1. The number of ether oxygens (including phenoxy) is 1. The number of rotatable bonds is 5. The van der Waals surface area contributed by atoms with Crippen LogP contribution in [0.1, 0.15) is 6.92 Å². The maximum atomic E-state index is 10.1. The van der Waals surface area contributed by atoms with E-state index in [9.17, 15) is 9.36 Å². The van der Waals surface area contributed by atoms with E-state index in [2.05, 4.69) is 14.3 Å². The maximum absolute atomic E-state index is 10.1. The molecule has 0 amide bonds. The number of hydrogen-bond donors (Lipinski definition) is 1. The third kappa shape index (κ3) is 9.45. The van der Waals surface area contributed by atoms with Crippen LogP contribution in [0, 0.1) is 0 Å². The van der Waals surface area contributed by atoms with Gasteiger partial charge in [-0.05, 0) is 0 Å². The standard InChI is InChI=1S/C4H7O6P/c1-4(5)8-2-3-9-10-11(6)7/h2-3H2,1H3/p+1. The average molecular weight is 183 g/mol. The molecule has 0 radical (unpaired) electrons. The molecular weight excluding hydrogens is 175 g/mol. The van der Waals surface area contributed by atoms with E-state index in [-0.39, 0.29) is 13.2 Å². The highest BCUT2D eigenvalue weighted by Gasteiger charge is 2.12. The Kier molecular flexibility index (Phi) is 5.87. The number of hydrogen-bond acceptors (Lipinski definition) is 5. The van der Waals surface area contributed by atoms with Gasteiger partial charge in [-0.3, -0.25) is 4.79 Å². The molecule has 0 saturated heterocycles. The van der Waals surface area contributed by atoms with Crippen molar-refractivity contribution in [1.29, 1.82) is 0 Å². The van der Waals surface area contributed by atoms with Gasteiger partial charge in [-0.25, -0.2) is 0 Å². The fourth-order valence-corrected chi connectivity index (χ4v) is 0.466. The Balaban J connectivity index is 3.03. The lowest BCUT2D eigenvalue weighted by molar-refractivity contribution is -0.215. The molecule has 0 fully saturated rings. The van der Waals surface area contributed by atoms with Gasteiger partial charge in [0.1, 0.15) is 13.2 Å². The van der Waals surface area contributed by atoms with Crippen LogP contribution in [0.2, 0.25) is 0 Å². The van der Waals surface area contributed by atoms with Gasteiger partial charge in [-0.2, -0.15) is 4.89 Å². The van der Waals surface area contributed by atoms with Crippen LogP contribution in [0.15, 0.2) is 0 Å². The molecule has 1 unspecified atom stereocenters. The number of carbonyl (C=O) groups excluding carboxylic acids is 1. The molecule has 0 aromatic carbocycles. The monoisotopic (exact) mass is 183 g/mol. The first-order valence-electron chi connectivity index (χ1n) is 2.72. The molecule has 0 aliphatic rings. The van der Waals surface area contributed by atoms with Crippen LogP contribution in [-0.4, -0.2) is 24.1 Å². The van der Waals surface area contributed by atoms with E-state index in [0.717, 1.165) is 0 Å². The minimum Gasteiger partial charge on any atom is -0.463 e. The summed E-state index contributed by atoms with van der Waals surface area (Å²) in [5.41, 5.74) is 0. The lowest BCUT2D eigenvalue weighted by atomic mass is 10.7. The topological polar surface area (TPSA) is 82.1 Å². The highest BCUT2D eigenvalue weighted by molar-refractivity contribution is 7.31. The van der Waals surface area contributed by atoms with Gasteiger partial charge in [-0.1, -0.05) is 0 Å². The zero-order valence-corrected chi connectivity index (χ0v) is 6.74. The predicted molar refractivity (Wildman–Crippen MR) is 33.5 cm³/mol. The van der Waals surface area contributed by atoms with Gasteiger partial charge in [0.2, 0.25) is 0 Å². The average Bonchev–Trinajstić information content (AvgIpc) is 1.85. The molecule has 0 saturated carbocycles. The van der Waals surface area contributed by atoms with Crippen molar-refractivity contribution in [3.8, 4) is 0 Å². The summed E-state index contributed by atoms with van der Waals surface area (Å²) in [6.45, 7) is 1.17. The molecule has 0 heterocycles. The first-order chi connectivity index (χ1) is 5.13. The van der Waals surface area contributed by atoms with E-state index < -0.39 is 14.2 Å². The molecule has 0 spiro atoms. The fourth-order valence-electron chi connectivity index (χ4n) is 0.302. The van der Waals surface area contributed by atoms with Crippen molar-refractivity contribution in [2.45, 2.75) is 6.92 Å². The van der Waals surface area contributed by atoms with E-state index in [1.165, 1.54) is 6.92 Å². The van der Waals surface area contributed by atoms with Gasteiger partial charge in [0.05, 0.1) is 4.67 Å². The molecule has 7 heteroatoms.